The van der Waals surface area contributed by atoms with E-state index in [1.807, 2.05) is 140 Å². The number of aromatic amines is 1. The minimum absolute atomic E-state index is 0.00913. The lowest BCUT2D eigenvalue weighted by atomic mass is 9.82. The van der Waals surface area contributed by atoms with Crippen LogP contribution in [0.3, 0.4) is 0 Å². The van der Waals surface area contributed by atoms with E-state index in [-0.39, 0.29) is 11.8 Å². The summed E-state index contributed by atoms with van der Waals surface area (Å²) in [6, 6.07) is 30.2. The fourth-order valence-corrected chi connectivity index (χ4v) is 7.69. The summed E-state index contributed by atoms with van der Waals surface area (Å²) in [5.41, 5.74) is 3.12. The molecule has 2 amide bonds. The Kier molecular flexibility index (Phi) is 15.5. The number of halogens is 1. The maximum Gasteiger partial charge on any atom is 0.498 e. The SMILES string of the molecule is CC(C)(C)OC(=O)n1cc(B2OC(C)(C)C(C)(C)O2)cn1.COc1cccc(OC2CCN(c3ccc(-c4cn[nH]c4)cc3)C2=O)c1.COc1cccc(OC2CCN(c3ccc(Br)cc3)C2=O)c1. The minimum Gasteiger partial charge on any atom is -0.497 e. The van der Waals surface area contributed by atoms with E-state index in [4.69, 9.17) is 33.0 Å². The molecule has 6 aromatic rings. The molecule has 69 heavy (non-hydrogen) atoms. The first-order chi connectivity index (χ1) is 32.8. The Balaban J connectivity index is 0.000000154. The predicted molar refractivity (Wildman–Crippen MR) is 267 cm³/mol. The third-order valence-corrected chi connectivity index (χ3v) is 12.3. The van der Waals surface area contributed by atoms with Crippen LogP contribution in [0, 0.1) is 0 Å². The van der Waals surface area contributed by atoms with E-state index in [1.165, 1.54) is 0 Å². The number of anilines is 2. The van der Waals surface area contributed by atoms with Crippen LogP contribution in [0.1, 0.15) is 61.3 Å². The molecule has 362 valence electrons. The van der Waals surface area contributed by atoms with Crippen molar-refractivity contribution in [2.24, 2.45) is 0 Å². The molecule has 3 saturated heterocycles. The molecule has 3 fully saturated rings. The second kappa shape index (κ2) is 21.3. The highest BCUT2D eigenvalue weighted by molar-refractivity contribution is 9.10. The Morgan fingerprint density at radius 2 is 1.22 bits per heavy atom. The van der Waals surface area contributed by atoms with Crippen molar-refractivity contribution in [3.63, 3.8) is 0 Å². The number of H-pyrrole nitrogens is 1. The van der Waals surface area contributed by atoms with Gasteiger partial charge in [-0.15, -0.1) is 0 Å². The molecule has 2 aromatic heterocycles. The van der Waals surface area contributed by atoms with Crippen LogP contribution in [0.4, 0.5) is 16.2 Å². The molecular formula is C51H58BBrN6O10. The highest BCUT2D eigenvalue weighted by Gasteiger charge is 2.52. The quantitative estimate of drug-likeness (QED) is 0.130. The number of hydrogen-bond donors (Lipinski definition) is 1. The van der Waals surface area contributed by atoms with Crippen LogP contribution in [0.5, 0.6) is 23.0 Å². The molecule has 0 bridgehead atoms. The zero-order valence-electron chi connectivity index (χ0n) is 40.3. The van der Waals surface area contributed by atoms with Gasteiger partial charge in [0.05, 0.1) is 31.6 Å². The van der Waals surface area contributed by atoms with Crippen LogP contribution < -0.4 is 34.2 Å². The van der Waals surface area contributed by atoms with E-state index in [1.54, 1.807) is 54.7 Å². The number of amides is 2. The van der Waals surface area contributed by atoms with Crippen LogP contribution in [-0.4, -0.2) is 101 Å². The lowest BCUT2D eigenvalue weighted by Gasteiger charge is -2.32. The summed E-state index contributed by atoms with van der Waals surface area (Å²) in [5, 5.41) is 10.8. The highest BCUT2D eigenvalue weighted by atomic mass is 79.9. The number of rotatable bonds is 10. The van der Waals surface area contributed by atoms with Gasteiger partial charge in [-0.2, -0.15) is 14.9 Å². The molecule has 0 aliphatic carbocycles. The van der Waals surface area contributed by atoms with Crippen LogP contribution in [0.15, 0.2) is 126 Å². The van der Waals surface area contributed by atoms with Gasteiger partial charge < -0.3 is 42.8 Å². The average Bonchev–Trinajstić information content (AvgIpc) is 4.18. The van der Waals surface area contributed by atoms with Crippen LogP contribution in [0.2, 0.25) is 0 Å². The van der Waals surface area contributed by atoms with Crippen molar-refractivity contribution in [3.8, 4) is 34.1 Å². The first-order valence-corrected chi connectivity index (χ1v) is 23.3. The van der Waals surface area contributed by atoms with Crippen molar-refractivity contribution in [1.29, 1.82) is 0 Å². The maximum atomic E-state index is 12.7. The van der Waals surface area contributed by atoms with Gasteiger partial charge in [-0.3, -0.25) is 14.7 Å². The number of carbonyl (C=O) groups excluding carboxylic acids is 3. The summed E-state index contributed by atoms with van der Waals surface area (Å²) in [7, 11) is 2.68. The van der Waals surface area contributed by atoms with Gasteiger partial charge in [0, 0.05) is 83.5 Å². The van der Waals surface area contributed by atoms with E-state index in [9.17, 15) is 14.4 Å². The molecule has 16 nitrogen and oxygen atoms in total. The number of ether oxygens (including phenoxy) is 5. The molecule has 2 atom stereocenters. The van der Waals surface area contributed by atoms with E-state index >= 15 is 0 Å². The van der Waals surface area contributed by atoms with Crippen LogP contribution in [-0.2, 0) is 23.6 Å². The van der Waals surface area contributed by atoms with Crippen molar-refractivity contribution < 1.29 is 47.4 Å². The lowest BCUT2D eigenvalue weighted by Crippen LogP contribution is -2.41. The van der Waals surface area contributed by atoms with Crippen molar-refractivity contribution >= 4 is 57.8 Å². The van der Waals surface area contributed by atoms with Crippen molar-refractivity contribution in [2.45, 2.75) is 90.3 Å². The highest BCUT2D eigenvalue weighted by Crippen LogP contribution is 2.37. The van der Waals surface area contributed by atoms with E-state index in [0.717, 1.165) is 31.7 Å². The van der Waals surface area contributed by atoms with Gasteiger partial charge in [0.1, 0.15) is 28.6 Å². The molecule has 1 N–H and O–H groups in total. The van der Waals surface area contributed by atoms with Crippen LogP contribution >= 0.6 is 15.9 Å². The van der Waals surface area contributed by atoms with Crippen molar-refractivity contribution in [2.75, 3.05) is 37.1 Å². The third kappa shape index (κ3) is 12.5. The molecule has 0 saturated carbocycles. The number of aromatic nitrogens is 4. The molecule has 9 rings (SSSR count). The molecule has 3 aliphatic rings. The maximum absolute atomic E-state index is 12.7. The standard InChI is InChI=1S/C20H19N3O3.C17H16BrNO3.C14H23BN2O4/c1-25-17-3-2-4-18(11-17)26-19-9-10-23(20(19)24)16-7-5-14(6-8-16)15-12-21-22-13-15;1-21-14-3-2-4-15(11-14)22-16-9-10-19(17(16)20)13-7-5-12(18)6-8-13;1-12(2,3)19-11(18)17-9-10(8-16-17)15-20-13(4,5)14(6,7)21-15/h2-8,11-13,19H,9-10H2,1H3,(H,21,22);2-8,11,16H,9-10H2,1H3;8-9H,1-7H3. The predicted octanol–water partition coefficient (Wildman–Crippen LogP) is 8.88. The van der Waals surface area contributed by atoms with Gasteiger partial charge in [-0.1, -0.05) is 40.2 Å². The molecule has 5 heterocycles. The zero-order valence-corrected chi connectivity index (χ0v) is 41.9. The summed E-state index contributed by atoms with van der Waals surface area (Å²) in [5.74, 6) is 2.68. The summed E-state index contributed by atoms with van der Waals surface area (Å²) in [6.45, 7) is 14.6. The molecule has 0 spiro atoms. The van der Waals surface area contributed by atoms with Gasteiger partial charge >= 0.3 is 13.2 Å². The summed E-state index contributed by atoms with van der Waals surface area (Å²) in [6.07, 6.45) is 6.63. The molecular weight excluding hydrogens is 947 g/mol. The van der Waals surface area contributed by atoms with E-state index in [2.05, 4.69) is 31.2 Å². The lowest BCUT2D eigenvalue weighted by molar-refractivity contribution is -0.123. The monoisotopic (exact) mass is 1000 g/mol. The van der Waals surface area contributed by atoms with Crippen molar-refractivity contribution in [1.82, 2.24) is 20.0 Å². The Bertz CT molecular complexity index is 2670. The number of methoxy groups -OCH3 is 2. The average molecular weight is 1010 g/mol. The van der Waals surface area contributed by atoms with Crippen molar-refractivity contribution in [3.05, 3.63) is 126 Å². The van der Waals surface area contributed by atoms with Crippen LogP contribution in [0.25, 0.3) is 11.1 Å². The number of hydrogen-bond acceptors (Lipinski definition) is 12. The number of nitrogens with one attached hydrogen (secondary N) is 1. The second-order valence-corrected chi connectivity index (χ2v) is 19.3. The Morgan fingerprint density at radius 3 is 1.68 bits per heavy atom. The normalized spacial score (nSPS) is 18.2. The summed E-state index contributed by atoms with van der Waals surface area (Å²) in [4.78, 5) is 40.7. The minimum atomic E-state index is -0.562. The largest absolute Gasteiger partial charge is 0.498 e. The number of nitrogens with zero attached hydrogens (tertiary/aromatic N) is 5. The van der Waals surface area contributed by atoms with Gasteiger partial charge in [0.25, 0.3) is 11.8 Å². The Hall–Kier alpha value is -6.63. The van der Waals surface area contributed by atoms with Gasteiger partial charge in [0.2, 0.25) is 0 Å². The molecule has 2 unspecified atom stereocenters. The first-order valence-electron chi connectivity index (χ1n) is 22.6. The molecule has 4 aromatic carbocycles. The van der Waals surface area contributed by atoms with E-state index < -0.39 is 42.2 Å². The smallest absolute Gasteiger partial charge is 0.497 e. The molecule has 3 aliphatic heterocycles. The fourth-order valence-electron chi connectivity index (χ4n) is 7.43. The van der Waals surface area contributed by atoms with Gasteiger partial charge in [-0.05, 0) is 115 Å². The number of carbonyl (C=O) groups is 3. The van der Waals surface area contributed by atoms with Gasteiger partial charge in [0.15, 0.2) is 12.2 Å². The second-order valence-electron chi connectivity index (χ2n) is 18.4. The third-order valence-electron chi connectivity index (χ3n) is 11.8. The number of benzene rings is 4. The van der Waals surface area contributed by atoms with E-state index in [0.29, 0.717) is 54.4 Å². The molecule has 18 heteroatoms. The first kappa shape index (κ1) is 50.3. The zero-order chi connectivity index (χ0) is 49.5. The topological polar surface area (TPSA) is 169 Å². The van der Waals surface area contributed by atoms with Gasteiger partial charge in [-0.25, -0.2) is 4.79 Å². The Labute approximate surface area is 411 Å². The fraction of sp³-hybridized carbons (Fsp3) is 0.353. The molecule has 0 radical (unpaired) electrons. The summed E-state index contributed by atoms with van der Waals surface area (Å²) < 4.78 is 41.3. The summed E-state index contributed by atoms with van der Waals surface area (Å²) >= 11 is 3.40. The Morgan fingerprint density at radius 1 is 0.725 bits per heavy atom.